The Labute approximate surface area is 136 Å². The van der Waals surface area contributed by atoms with Crippen LogP contribution in [0, 0.1) is 27.7 Å². The van der Waals surface area contributed by atoms with Crippen LogP contribution in [0.15, 0.2) is 23.4 Å². The van der Waals surface area contributed by atoms with E-state index >= 15 is 0 Å². The summed E-state index contributed by atoms with van der Waals surface area (Å²) in [6.07, 6.45) is 3.18. The zero-order chi connectivity index (χ0) is 16.5. The SMILES string of the molecule is Cc1cc(C)c(C)c(S(=O)(=O)NCCn2cc(Cl)cn2)c1C. The third-order valence-electron chi connectivity index (χ3n) is 3.80. The molecule has 1 heterocycles. The van der Waals surface area contributed by atoms with Crippen molar-refractivity contribution in [1.29, 1.82) is 0 Å². The fourth-order valence-electron chi connectivity index (χ4n) is 2.41. The van der Waals surface area contributed by atoms with Gasteiger partial charge in [0.1, 0.15) is 0 Å². The Balaban J connectivity index is 2.20. The van der Waals surface area contributed by atoms with Crippen LogP contribution in [0.2, 0.25) is 5.02 Å². The molecule has 0 spiro atoms. The minimum Gasteiger partial charge on any atom is -0.270 e. The van der Waals surface area contributed by atoms with Crippen molar-refractivity contribution in [3.8, 4) is 0 Å². The molecule has 0 fully saturated rings. The molecule has 1 N–H and O–H groups in total. The van der Waals surface area contributed by atoms with Crippen LogP contribution in [0.4, 0.5) is 0 Å². The van der Waals surface area contributed by atoms with Gasteiger partial charge in [-0.3, -0.25) is 4.68 Å². The molecule has 0 aliphatic rings. The Kier molecular flexibility index (Phi) is 4.94. The van der Waals surface area contributed by atoms with Crippen LogP contribution in [0.1, 0.15) is 22.3 Å². The van der Waals surface area contributed by atoms with Gasteiger partial charge in [0, 0.05) is 12.7 Å². The topological polar surface area (TPSA) is 64.0 Å². The average molecular weight is 342 g/mol. The smallest absolute Gasteiger partial charge is 0.241 e. The quantitative estimate of drug-likeness (QED) is 0.909. The van der Waals surface area contributed by atoms with Crippen LogP contribution in [-0.4, -0.2) is 24.7 Å². The highest BCUT2D eigenvalue weighted by molar-refractivity contribution is 7.89. The number of hydrogen-bond donors (Lipinski definition) is 1. The highest BCUT2D eigenvalue weighted by atomic mass is 35.5. The first-order valence-corrected chi connectivity index (χ1v) is 8.83. The molecule has 0 aliphatic heterocycles. The van der Waals surface area contributed by atoms with E-state index < -0.39 is 10.0 Å². The second-order valence-corrected chi connectivity index (χ2v) is 7.55. The Hall–Kier alpha value is -1.37. The van der Waals surface area contributed by atoms with Crippen molar-refractivity contribution in [2.24, 2.45) is 0 Å². The number of benzene rings is 1. The van der Waals surface area contributed by atoms with Gasteiger partial charge in [-0.1, -0.05) is 17.7 Å². The lowest BCUT2D eigenvalue weighted by atomic mass is 10.0. The predicted molar refractivity (Wildman–Crippen MR) is 87.8 cm³/mol. The van der Waals surface area contributed by atoms with Crippen molar-refractivity contribution in [1.82, 2.24) is 14.5 Å². The van der Waals surface area contributed by atoms with E-state index in [1.165, 1.54) is 6.20 Å². The summed E-state index contributed by atoms with van der Waals surface area (Å²) in [5.74, 6) is 0. The van der Waals surface area contributed by atoms with Crippen LogP contribution in [0.3, 0.4) is 0 Å². The molecule has 7 heteroatoms. The average Bonchev–Trinajstić information content (AvgIpc) is 2.82. The van der Waals surface area contributed by atoms with Crippen LogP contribution in [-0.2, 0) is 16.6 Å². The molecule has 0 saturated heterocycles. The van der Waals surface area contributed by atoms with Crippen molar-refractivity contribution >= 4 is 21.6 Å². The monoisotopic (exact) mass is 341 g/mol. The summed E-state index contributed by atoms with van der Waals surface area (Å²) in [6.45, 7) is 8.20. The summed E-state index contributed by atoms with van der Waals surface area (Å²) in [5, 5.41) is 4.55. The molecule has 120 valence electrons. The van der Waals surface area contributed by atoms with Gasteiger partial charge in [-0.15, -0.1) is 0 Å². The molecule has 0 radical (unpaired) electrons. The van der Waals surface area contributed by atoms with Gasteiger partial charge in [0.05, 0.1) is 22.7 Å². The first kappa shape index (κ1) is 17.0. The molecule has 0 unspecified atom stereocenters. The van der Waals surface area contributed by atoms with Gasteiger partial charge in [-0.2, -0.15) is 5.10 Å². The highest BCUT2D eigenvalue weighted by Gasteiger charge is 2.21. The fourth-order valence-corrected chi connectivity index (χ4v) is 4.20. The Morgan fingerprint density at radius 1 is 1.18 bits per heavy atom. The van der Waals surface area contributed by atoms with Crippen molar-refractivity contribution in [2.45, 2.75) is 39.1 Å². The molecule has 5 nitrogen and oxygen atoms in total. The Morgan fingerprint density at radius 2 is 1.77 bits per heavy atom. The van der Waals surface area contributed by atoms with Crippen LogP contribution >= 0.6 is 11.6 Å². The van der Waals surface area contributed by atoms with Crippen molar-refractivity contribution in [3.63, 3.8) is 0 Å². The van der Waals surface area contributed by atoms with E-state index in [4.69, 9.17) is 11.6 Å². The van der Waals surface area contributed by atoms with E-state index in [9.17, 15) is 8.42 Å². The zero-order valence-electron chi connectivity index (χ0n) is 13.1. The second-order valence-electron chi connectivity index (χ2n) is 5.41. The van der Waals surface area contributed by atoms with Crippen LogP contribution in [0.25, 0.3) is 0 Å². The number of aryl methyl sites for hydroxylation is 2. The van der Waals surface area contributed by atoms with Gasteiger partial charge in [0.25, 0.3) is 0 Å². The standard InChI is InChI=1S/C15H20ClN3O2S/c1-10-7-11(2)13(4)15(12(10)3)22(20,21)18-5-6-19-9-14(16)8-17-19/h7-9,18H,5-6H2,1-4H3. The molecule has 2 rings (SSSR count). The molecule has 0 bridgehead atoms. The first-order chi connectivity index (χ1) is 10.2. The Morgan fingerprint density at radius 3 is 2.27 bits per heavy atom. The third-order valence-corrected chi connectivity index (χ3v) is 5.73. The maximum Gasteiger partial charge on any atom is 0.241 e. The van der Waals surface area contributed by atoms with Gasteiger partial charge in [-0.25, -0.2) is 13.1 Å². The summed E-state index contributed by atoms with van der Waals surface area (Å²) in [7, 11) is -3.55. The van der Waals surface area contributed by atoms with E-state index in [2.05, 4.69) is 9.82 Å². The zero-order valence-corrected chi connectivity index (χ0v) is 14.7. The summed E-state index contributed by atoms with van der Waals surface area (Å²) < 4.78 is 29.5. The Bertz CT molecular complexity index is 771. The molecule has 1 aromatic heterocycles. The van der Waals surface area contributed by atoms with Gasteiger partial charge in [0.2, 0.25) is 10.0 Å². The summed E-state index contributed by atoms with van der Waals surface area (Å²) in [5.41, 5.74) is 3.53. The molecular formula is C15H20ClN3O2S. The lowest BCUT2D eigenvalue weighted by Crippen LogP contribution is -2.29. The number of hydrogen-bond acceptors (Lipinski definition) is 3. The molecule has 2 aromatic rings. The molecular weight excluding hydrogens is 322 g/mol. The number of nitrogens with one attached hydrogen (secondary N) is 1. The van der Waals surface area contributed by atoms with Crippen LogP contribution < -0.4 is 4.72 Å². The van der Waals surface area contributed by atoms with E-state index in [1.807, 2.05) is 33.8 Å². The van der Waals surface area contributed by atoms with Gasteiger partial charge in [0.15, 0.2) is 0 Å². The molecule has 0 saturated carbocycles. The third kappa shape index (κ3) is 3.51. The highest BCUT2D eigenvalue weighted by Crippen LogP contribution is 2.25. The maximum atomic E-state index is 12.6. The van der Waals surface area contributed by atoms with Gasteiger partial charge >= 0.3 is 0 Å². The molecule has 0 amide bonds. The molecule has 1 aromatic carbocycles. The van der Waals surface area contributed by atoms with Crippen molar-refractivity contribution < 1.29 is 8.42 Å². The molecule has 0 aliphatic carbocycles. The number of aromatic nitrogens is 2. The summed E-state index contributed by atoms with van der Waals surface area (Å²) in [6, 6.07) is 2.01. The summed E-state index contributed by atoms with van der Waals surface area (Å²) >= 11 is 5.78. The number of nitrogens with zero attached hydrogens (tertiary/aromatic N) is 2. The lowest BCUT2D eigenvalue weighted by Gasteiger charge is -2.16. The van der Waals surface area contributed by atoms with Crippen LogP contribution in [0.5, 0.6) is 0 Å². The van der Waals surface area contributed by atoms with E-state index in [1.54, 1.807) is 10.9 Å². The molecule has 0 atom stereocenters. The normalized spacial score (nSPS) is 11.9. The van der Waals surface area contributed by atoms with E-state index in [0.717, 1.165) is 22.3 Å². The second kappa shape index (κ2) is 6.40. The summed E-state index contributed by atoms with van der Waals surface area (Å²) in [4.78, 5) is 0.378. The largest absolute Gasteiger partial charge is 0.270 e. The van der Waals surface area contributed by atoms with E-state index in [-0.39, 0.29) is 6.54 Å². The predicted octanol–water partition coefficient (Wildman–Crippen LogP) is 2.75. The number of sulfonamides is 1. The van der Waals surface area contributed by atoms with Gasteiger partial charge in [-0.05, 0) is 49.9 Å². The van der Waals surface area contributed by atoms with Crippen molar-refractivity contribution in [2.75, 3.05) is 6.54 Å². The fraction of sp³-hybridized carbons (Fsp3) is 0.400. The van der Waals surface area contributed by atoms with Crippen molar-refractivity contribution in [3.05, 3.63) is 45.7 Å². The molecule has 22 heavy (non-hydrogen) atoms. The number of rotatable bonds is 5. The lowest BCUT2D eigenvalue weighted by molar-refractivity contribution is 0.559. The number of halogens is 1. The minimum atomic E-state index is -3.55. The first-order valence-electron chi connectivity index (χ1n) is 6.97. The van der Waals surface area contributed by atoms with Gasteiger partial charge < -0.3 is 0 Å². The maximum absolute atomic E-state index is 12.6. The van der Waals surface area contributed by atoms with E-state index in [0.29, 0.717) is 16.5 Å². The minimum absolute atomic E-state index is 0.256.